The van der Waals surface area contributed by atoms with Gasteiger partial charge in [0.25, 0.3) is 0 Å². The van der Waals surface area contributed by atoms with Crippen LogP contribution in [0.5, 0.6) is 0 Å². The number of hydrogen-bond acceptors (Lipinski definition) is 10. The van der Waals surface area contributed by atoms with E-state index >= 15 is 0 Å². The summed E-state index contributed by atoms with van der Waals surface area (Å²) >= 11 is 0. The van der Waals surface area contributed by atoms with Crippen LogP contribution in [-0.4, -0.2) is 100 Å². The van der Waals surface area contributed by atoms with Crippen molar-refractivity contribution in [2.75, 3.05) is 19.8 Å². The standard InChI is InChI=1S/C63H111NO10/c1-3-5-7-9-11-13-15-26-29-33-37-41-45-49-56(66)55(54-73-63-62(71)61(70)60(69)57(53-65)74-63)64-58(67)50-46-42-38-34-30-27-24-22-20-18-17-19-21-23-25-28-32-36-40-44-48-52-72-59(68)51-47-43-39-35-31-16-14-12-10-8-6-4-2/h11-14,28-29,32-33,40,44-45,49,55-57,60-63,65-66,69-71H,3-10,15-27,30-31,34-39,41-43,46-48,50-54H2,1-2H3,(H,64,67)/b13-11+,14-12-,32-28-,33-29+,44-40-,49-45+. The lowest BCUT2D eigenvalue weighted by molar-refractivity contribution is -0.302. The molecule has 74 heavy (non-hydrogen) atoms. The van der Waals surface area contributed by atoms with Gasteiger partial charge in [0.15, 0.2) is 6.29 Å². The molecule has 1 fully saturated rings. The molecular weight excluding hydrogens is 931 g/mol. The van der Waals surface area contributed by atoms with Gasteiger partial charge >= 0.3 is 5.97 Å². The minimum absolute atomic E-state index is 0.0604. The highest BCUT2D eigenvalue weighted by atomic mass is 16.7. The molecule has 1 heterocycles. The smallest absolute Gasteiger partial charge is 0.305 e. The molecule has 11 heteroatoms. The Labute approximate surface area is 451 Å². The van der Waals surface area contributed by atoms with Crippen LogP contribution in [0.2, 0.25) is 0 Å². The second-order valence-electron chi connectivity index (χ2n) is 20.7. The Morgan fingerprint density at radius 3 is 1.42 bits per heavy atom. The second kappa shape index (κ2) is 52.2. The molecule has 0 radical (unpaired) electrons. The summed E-state index contributed by atoms with van der Waals surface area (Å²) in [5.41, 5.74) is 0. The quantitative estimate of drug-likeness (QED) is 0.0195. The molecule has 1 amide bonds. The van der Waals surface area contributed by atoms with Gasteiger partial charge in [-0.3, -0.25) is 9.59 Å². The molecule has 1 aliphatic heterocycles. The van der Waals surface area contributed by atoms with E-state index in [4.69, 9.17) is 14.2 Å². The average molecular weight is 1040 g/mol. The summed E-state index contributed by atoms with van der Waals surface area (Å²) in [6, 6.07) is -0.840. The third-order valence-corrected chi connectivity index (χ3v) is 13.8. The minimum Gasteiger partial charge on any atom is -0.465 e. The molecule has 0 bridgehead atoms. The molecule has 0 aromatic carbocycles. The zero-order valence-corrected chi connectivity index (χ0v) is 47.0. The molecule has 1 aliphatic rings. The van der Waals surface area contributed by atoms with Gasteiger partial charge in [-0.25, -0.2) is 0 Å². The lowest BCUT2D eigenvalue weighted by Gasteiger charge is -2.40. The number of amides is 1. The van der Waals surface area contributed by atoms with Crippen molar-refractivity contribution >= 4 is 11.9 Å². The van der Waals surface area contributed by atoms with Crippen LogP contribution in [0.25, 0.3) is 0 Å². The number of rotatable bonds is 51. The molecule has 0 aromatic rings. The largest absolute Gasteiger partial charge is 0.465 e. The van der Waals surface area contributed by atoms with Crippen LogP contribution in [0.4, 0.5) is 0 Å². The maximum absolute atomic E-state index is 13.0. The number of unbranched alkanes of at least 4 members (excludes halogenated alkanes) is 27. The van der Waals surface area contributed by atoms with E-state index < -0.39 is 49.5 Å². The molecule has 428 valence electrons. The van der Waals surface area contributed by atoms with Crippen molar-refractivity contribution < 1.29 is 49.3 Å². The molecule has 6 N–H and O–H groups in total. The van der Waals surface area contributed by atoms with E-state index in [1.54, 1.807) is 6.08 Å². The Kier molecular flexibility index (Phi) is 48.7. The van der Waals surface area contributed by atoms with Crippen LogP contribution >= 0.6 is 0 Å². The number of hydrogen-bond donors (Lipinski definition) is 6. The Balaban J connectivity index is 2.11. The van der Waals surface area contributed by atoms with Crippen molar-refractivity contribution in [3.05, 3.63) is 72.9 Å². The first kappa shape index (κ1) is 69.1. The van der Waals surface area contributed by atoms with Gasteiger partial charge < -0.3 is 45.1 Å². The number of allylic oxidation sites excluding steroid dienone is 10. The maximum Gasteiger partial charge on any atom is 0.305 e. The van der Waals surface area contributed by atoms with Crippen LogP contribution in [0.15, 0.2) is 72.9 Å². The molecule has 7 atom stereocenters. The molecule has 0 saturated carbocycles. The predicted octanol–water partition coefficient (Wildman–Crippen LogP) is 14.0. The molecule has 0 aromatic heterocycles. The van der Waals surface area contributed by atoms with Gasteiger partial charge in [0.05, 0.1) is 32.0 Å². The SMILES string of the molecule is CCCCC/C=C\CCCCCCCC(=O)OCC/C=C\C/C=C\CCCCCCCCCCCCCCCCC(=O)NC(COC1OC(CO)C(O)C(O)C1O)C(O)/C=C/CC/C=C/CC/C=C/CCCCC. The van der Waals surface area contributed by atoms with Gasteiger partial charge in [0, 0.05) is 12.8 Å². The van der Waals surface area contributed by atoms with Gasteiger partial charge in [0.1, 0.15) is 24.4 Å². The Hall–Kier alpha value is -2.90. The third-order valence-electron chi connectivity index (χ3n) is 13.8. The number of aliphatic hydroxyl groups excluding tert-OH is 5. The Morgan fingerprint density at radius 2 is 0.919 bits per heavy atom. The zero-order valence-electron chi connectivity index (χ0n) is 47.0. The van der Waals surface area contributed by atoms with E-state index in [9.17, 15) is 35.1 Å². The summed E-state index contributed by atoms with van der Waals surface area (Å²) in [6.07, 6.45) is 58.7. The summed E-state index contributed by atoms with van der Waals surface area (Å²) < 4.78 is 16.6. The molecular formula is C63H111NO10. The first-order valence-electron chi connectivity index (χ1n) is 30.2. The van der Waals surface area contributed by atoms with Crippen molar-refractivity contribution in [3.63, 3.8) is 0 Å². The molecule has 0 aliphatic carbocycles. The van der Waals surface area contributed by atoms with E-state index in [0.29, 0.717) is 19.4 Å². The number of carbonyl (C=O) groups is 2. The highest BCUT2D eigenvalue weighted by Gasteiger charge is 2.44. The summed E-state index contributed by atoms with van der Waals surface area (Å²) in [6.45, 7) is 4.14. The molecule has 0 spiro atoms. The average Bonchev–Trinajstić information content (AvgIpc) is 3.40. The second-order valence-corrected chi connectivity index (χ2v) is 20.7. The van der Waals surface area contributed by atoms with Gasteiger partial charge in [0.2, 0.25) is 5.91 Å². The molecule has 7 unspecified atom stereocenters. The fourth-order valence-electron chi connectivity index (χ4n) is 8.94. The first-order valence-corrected chi connectivity index (χ1v) is 30.2. The first-order chi connectivity index (χ1) is 36.2. The Morgan fingerprint density at radius 1 is 0.500 bits per heavy atom. The van der Waals surface area contributed by atoms with Crippen molar-refractivity contribution in [2.24, 2.45) is 0 Å². The third kappa shape index (κ3) is 41.3. The van der Waals surface area contributed by atoms with E-state index in [1.165, 1.54) is 135 Å². The Bertz CT molecular complexity index is 1460. The number of aliphatic hydroxyl groups is 5. The van der Waals surface area contributed by atoms with Crippen molar-refractivity contribution in [2.45, 2.75) is 294 Å². The number of nitrogens with one attached hydrogen (secondary N) is 1. The van der Waals surface area contributed by atoms with Crippen molar-refractivity contribution in [1.82, 2.24) is 5.32 Å². The fraction of sp³-hybridized carbons (Fsp3) is 0.778. The predicted molar refractivity (Wildman–Crippen MR) is 306 cm³/mol. The highest BCUT2D eigenvalue weighted by Crippen LogP contribution is 2.23. The highest BCUT2D eigenvalue weighted by molar-refractivity contribution is 5.76. The van der Waals surface area contributed by atoms with E-state index in [0.717, 1.165) is 89.9 Å². The van der Waals surface area contributed by atoms with Gasteiger partial charge in [-0.2, -0.15) is 0 Å². The van der Waals surface area contributed by atoms with Gasteiger partial charge in [-0.05, 0) is 103 Å². The lowest BCUT2D eigenvalue weighted by Crippen LogP contribution is -2.60. The van der Waals surface area contributed by atoms with Gasteiger partial charge in [-0.1, -0.05) is 209 Å². The summed E-state index contributed by atoms with van der Waals surface area (Å²) in [7, 11) is 0. The fourth-order valence-corrected chi connectivity index (χ4v) is 8.94. The molecule has 1 saturated heterocycles. The zero-order chi connectivity index (χ0) is 53.8. The summed E-state index contributed by atoms with van der Waals surface area (Å²) in [5.74, 6) is -0.264. The van der Waals surface area contributed by atoms with E-state index in [-0.39, 0.29) is 18.5 Å². The number of ether oxygens (including phenoxy) is 3. The van der Waals surface area contributed by atoms with Crippen LogP contribution in [-0.2, 0) is 23.8 Å². The maximum atomic E-state index is 13.0. The van der Waals surface area contributed by atoms with Crippen LogP contribution in [0.3, 0.4) is 0 Å². The van der Waals surface area contributed by atoms with Crippen LogP contribution < -0.4 is 5.32 Å². The van der Waals surface area contributed by atoms with E-state index in [2.05, 4.69) is 79.9 Å². The lowest BCUT2D eigenvalue weighted by atomic mass is 9.99. The van der Waals surface area contributed by atoms with Crippen molar-refractivity contribution in [3.8, 4) is 0 Å². The minimum atomic E-state index is -1.58. The van der Waals surface area contributed by atoms with Crippen LogP contribution in [0.1, 0.15) is 251 Å². The topological polar surface area (TPSA) is 175 Å². The summed E-state index contributed by atoms with van der Waals surface area (Å²) in [4.78, 5) is 25.0. The molecule has 11 nitrogen and oxygen atoms in total. The van der Waals surface area contributed by atoms with Crippen LogP contribution in [0, 0.1) is 0 Å². The van der Waals surface area contributed by atoms with E-state index in [1.807, 2.05) is 6.08 Å². The summed E-state index contributed by atoms with van der Waals surface area (Å²) in [5, 5.41) is 54.3. The van der Waals surface area contributed by atoms with Crippen molar-refractivity contribution in [1.29, 1.82) is 0 Å². The normalized spacial score (nSPS) is 19.4. The number of carbonyl (C=O) groups excluding carboxylic acids is 2. The molecule has 1 rings (SSSR count). The number of esters is 1. The monoisotopic (exact) mass is 1040 g/mol. The van der Waals surface area contributed by atoms with Gasteiger partial charge in [-0.15, -0.1) is 0 Å².